The van der Waals surface area contributed by atoms with E-state index < -0.39 is 0 Å². The van der Waals surface area contributed by atoms with Gasteiger partial charge in [-0.25, -0.2) is 0 Å². The molecule has 1 aromatic rings. The fourth-order valence-corrected chi connectivity index (χ4v) is 3.23. The van der Waals surface area contributed by atoms with Gasteiger partial charge in [-0.15, -0.1) is 0 Å². The minimum Gasteiger partial charge on any atom is -0.353 e. The Hall–Kier alpha value is -0.420. The standard InChI is InChI=1S/C15H20BrNO2/c16-12-5-3-4-11(8-12)14-9-13(10-17-14)19-15-6-1-2-7-18-15/h3-5,8,13-15,17H,1-2,6-7,9-10H2. The zero-order valence-corrected chi connectivity index (χ0v) is 12.6. The van der Waals surface area contributed by atoms with E-state index in [9.17, 15) is 0 Å². The molecule has 0 radical (unpaired) electrons. The number of hydrogen-bond acceptors (Lipinski definition) is 3. The maximum Gasteiger partial charge on any atom is 0.158 e. The first kappa shape index (κ1) is 13.6. The lowest BCUT2D eigenvalue weighted by molar-refractivity contribution is -0.184. The molecule has 0 amide bonds. The van der Waals surface area contributed by atoms with E-state index in [4.69, 9.17) is 9.47 Å². The molecule has 3 rings (SSSR count). The summed E-state index contributed by atoms with van der Waals surface area (Å²) >= 11 is 3.52. The normalized spacial score (nSPS) is 31.5. The molecule has 2 aliphatic rings. The van der Waals surface area contributed by atoms with Gasteiger partial charge in [-0.2, -0.15) is 0 Å². The molecule has 3 nitrogen and oxygen atoms in total. The summed E-state index contributed by atoms with van der Waals surface area (Å²) in [5, 5.41) is 3.54. The van der Waals surface area contributed by atoms with E-state index in [0.29, 0.717) is 6.04 Å². The van der Waals surface area contributed by atoms with E-state index in [1.54, 1.807) is 0 Å². The Kier molecular flexibility index (Phi) is 4.53. The molecule has 2 aliphatic heterocycles. The molecule has 3 unspecified atom stereocenters. The van der Waals surface area contributed by atoms with Gasteiger partial charge < -0.3 is 14.8 Å². The molecule has 0 bridgehead atoms. The van der Waals surface area contributed by atoms with Crippen molar-refractivity contribution >= 4 is 15.9 Å². The Morgan fingerprint density at radius 1 is 1.32 bits per heavy atom. The van der Waals surface area contributed by atoms with Crippen LogP contribution in [0.1, 0.15) is 37.3 Å². The fraction of sp³-hybridized carbons (Fsp3) is 0.600. The van der Waals surface area contributed by atoms with Gasteiger partial charge in [0.1, 0.15) is 0 Å². The summed E-state index contributed by atoms with van der Waals surface area (Å²) in [6.07, 6.45) is 4.74. The van der Waals surface area contributed by atoms with Crippen LogP contribution in [-0.4, -0.2) is 25.5 Å². The van der Waals surface area contributed by atoms with E-state index in [1.807, 2.05) is 0 Å². The molecule has 1 aromatic carbocycles. The first-order valence-corrected chi connectivity index (χ1v) is 7.86. The van der Waals surface area contributed by atoms with Crippen molar-refractivity contribution in [1.29, 1.82) is 0 Å². The van der Waals surface area contributed by atoms with Gasteiger partial charge >= 0.3 is 0 Å². The van der Waals surface area contributed by atoms with Crippen molar-refractivity contribution in [3.8, 4) is 0 Å². The predicted molar refractivity (Wildman–Crippen MR) is 78.0 cm³/mol. The Bertz CT molecular complexity index is 420. The highest BCUT2D eigenvalue weighted by molar-refractivity contribution is 9.10. The van der Waals surface area contributed by atoms with Gasteiger partial charge in [-0.3, -0.25) is 0 Å². The van der Waals surface area contributed by atoms with Crippen LogP contribution in [0.4, 0.5) is 0 Å². The van der Waals surface area contributed by atoms with Crippen LogP contribution in [0.3, 0.4) is 0 Å². The minimum absolute atomic E-state index is 0.0156. The van der Waals surface area contributed by atoms with E-state index in [-0.39, 0.29) is 12.4 Å². The van der Waals surface area contributed by atoms with Gasteiger partial charge in [0, 0.05) is 23.7 Å². The van der Waals surface area contributed by atoms with Crippen molar-refractivity contribution in [2.24, 2.45) is 0 Å². The molecule has 0 aliphatic carbocycles. The van der Waals surface area contributed by atoms with Crippen LogP contribution in [0.15, 0.2) is 28.7 Å². The van der Waals surface area contributed by atoms with Gasteiger partial charge in [0.05, 0.1) is 6.10 Å². The van der Waals surface area contributed by atoms with Crippen molar-refractivity contribution in [3.63, 3.8) is 0 Å². The number of benzene rings is 1. The number of nitrogens with one attached hydrogen (secondary N) is 1. The third-order valence-corrected chi connectivity index (χ3v) is 4.32. The third kappa shape index (κ3) is 3.57. The molecule has 0 spiro atoms. The maximum atomic E-state index is 6.04. The van der Waals surface area contributed by atoms with Crippen LogP contribution in [0.2, 0.25) is 0 Å². The molecule has 4 heteroatoms. The van der Waals surface area contributed by atoms with Crippen molar-refractivity contribution in [1.82, 2.24) is 5.32 Å². The molecule has 2 fully saturated rings. The summed E-state index contributed by atoms with van der Waals surface area (Å²) in [7, 11) is 0. The zero-order chi connectivity index (χ0) is 13.1. The van der Waals surface area contributed by atoms with E-state index in [0.717, 1.165) is 30.5 Å². The predicted octanol–water partition coefficient (Wildman–Crippen LogP) is 3.40. The van der Waals surface area contributed by atoms with Gasteiger partial charge in [0.2, 0.25) is 0 Å². The maximum absolute atomic E-state index is 6.04. The van der Waals surface area contributed by atoms with Crippen molar-refractivity contribution < 1.29 is 9.47 Å². The Balaban J connectivity index is 1.55. The van der Waals surface area contributed by atoms with Crippen LogP contribution in [0, 0.1) is 0 Å². The van der Waals surface area contributed by atoms with Gasteiger partial charge in [-0.05, 0) is 43.4 Å². The second-order valence-corrected chi connectivity index (χ2v) is 6.22. The smallest absolute Gasteiger partial charge is 0.158 e. The third-order valence-electron chi connectivity index (χ3n) is 3.82. The first-order chi connectivity index (χ1) is 9.31. The summed E-state index contributed by atoms with van der Waals surface area (Å²) in [4.78, 5) is 0. The lowest BCUT2D eigenvalue weighted by Crippen LogP contribution is -2.29. The molecule has 0 aromatic heterocycles. The molecule has 1 N–H and O–H groups in total. The highest BCUT2D eigenvalue weighted by atomic mass is 79.9. The largest absolute Gasteiger partial charge is 0.353 e. The number of rotatable bonds is 3. The Morgan fingerprint density at radius 3 is 3.05 bits per heavy atom. The van der Waals surface area contributed by atoms with Gasteiger partial charge in [0.25, 0.3) is 0 Å². The minimum atomic E-state index is 0.0156. The van der Waals surface area contributed by atoms with Crippen molar-refractivity contribution in [2.75, 3.05) is 13.2 Å². The summed E-state index contributed by atoms with van der Waals surface area (Å²) < 4.78 is 12.8. The molecular weight excluding hydrogens is 306 g/mol. The van der Waals surface area contributed by atoms with Gasteiger partial charge in [-0.1, -0.05) is 28.1 Å². The van der Waals surface area contributed by atoms with Crippen molar-refractivity contribution in [2.45, 2.75) is 44.1 Å². The molecule has 0 saturated carbocycles. The highest BCUT2D eigenvalue weighted by Crippen LogP contribution is 2.28. The first-order valence-electron chi connectivity index (χ1n) is 7.07. The second-order valence-electron chi connectivity index (χ2n) is 5.31. The molecule has 19 heavy (non-hydrogen) atoms. The Morgan fingerprint density at radius 2 is 2.26 bits per heavy atom. The highest BCUT2D eigenvalue weighted by Gasteiger charge is 2.28. The van der Waals surface area contributed by atoms with Crippen LogP contribution in [-0.2, 0) is 9.47 Å². The molecule has 104 valence electrons. The SMILES string of the molecule is Brc1cccc(C2CC(OC3CCCCO3)CN2)c1. The monoisotopic (exact) mass is 325 g/mol. The lowest BCUT2D eigenvalue weighted by atomic mass is 10.0. The number of hydrogen-bond donors (Lipinski definition) is 1. The lowest BCUT2D eigenvalue weighted by Gasteiger charge is -2.25. The average Bonchev–Trinajstić information content (AvgIpc) is 2.88. The van der Waals surface area contributed by atoms with E-state index >= 15 is 0 Å². The quantitative estimate of drug-likeness (QED) is 0.923. The summed E-state index contributed by atoms with van der Waals surface area (Å²) in [5.74, 6) is 0. The number of halogens is 1. The van der Waals surface area contributed by atoms with E-state index in [2.05, 4.69) is 45.5 Å². The number of ether oxygens (including phenoxy) is 2. The van der Waals surface area contributed by atoms with Crippen LogP contribution >= 0.6 is 15.9 Å². The second kappa shape index (κ2) is 6.35. The Labute approximate surface area is 122 Å². The van der Waals surface area contributed by atoms with Gasteiger partial charge in [0.15, 0.2) is 6.29 Å². The van der Waals surface area contributed by atoms with Crippen LogP contribution < -0.4 is 5.32 Å². The van der Waals surface area contributed by atoms with E-state index in [1.165, 1.54) is 18.4 Å². The van der Waals surface area contributed by atoms with Crippen LogP contribution in [0.25, 0.3) is 0 Å². The van der Waals surface area contributed by atoms with Crippen molar-refractivity contribution in [3.05, 3.63) is 34.3 Å². The zero-order valence-electron chi connectivity index (χ0n) is 11.0. The molecule has 2 heterocycles. The summed E-state index contributed by atoms with van der Waals surface area (Å²) in [5.41, 5.74) is 1.32. The summed E-state index contributed by atoms with van der Waals surface area (Å²) in [6.45, 7) is 1.76. The summed E-state index contributed by atoms with van der Waals surface area (Å²) in [6, 6.07) is 8.88. The average molecular weight is 326 g/mol. The molecular formula is C15H20BrNO2. The topological polar surface area (TPSA) is 30.5 Å². The molecule has 2 saturated heterocycles. The van der Waals surface area contributed by atoms with Crippen LogP contribution in [0.5, 0.6) is 0 Å². The molecule has 3 atom stereocenters. The fourth-order valence-electron chi connectivity index (χ4n) is 2.82.